The van der Waals surface area contributed by atoms with Gasteiger partial charge in [-0.1, -0.05) is 26.2 Å². The van der Waals surface area contributed by atoms with E-state index in [0.717, 1.165) is 25.7 Å². The molecule has 0 aromatic heterocycles. The first-order valence-corrected chi connectivity index (χ1v) is 8.37. The third-order valence-electron chi connectivity index (χ3n) is 3.96. The summed E-state index contributed by atoms with van der Waals surface area (Å²) in [5.41, 5.74) is 0.956. The zero-order chi connectivity index (χ0) is 17.5. The van der Waals surface area contributed by atoms with Crippen molar-refractivity contribution >= 4 is 23.3 Å². The van der Waals surface area contributed by atoms with E-state index in [0.29, 0.717) is 23.5 Å². The average Bonchev–Trinajstić information content (AvgIpc) is 2.56. The first-order valence-electron chi connectivity index (χ1n) is 8.37. The number of anilines is 1. The van der Waals surface area contributed by atoms with Crippen LogP contribution in [0.1, 0.15) is 49.9 Å². The lowest BCUT2D eigenvalue weighted by Crippen LogP contribution is -2.45. The van der Waals surface area contributed by atoms with Gasteiger partial charge < -0.3 is 10.1 Å². The molecule has 6 nitrogen and oxygen atoms in total. The van der Waals surface area contributed by atoms with Gasteiger partial charge in [0.1, 0.15) is 12.3 Å². The zero-order valence-corrected chi connectivity index (χ0v) is 14.3. The Morgan fingerprint density at radius 1 is 1.25 bits per heavy atom. The van der Waals surface area contributed by atoms with Crippen LogP contribution in [0.5, 0.6) is 5.75 Å². The number of carbonyl (C=O) groups excluding carboxylic acids is 3. The summed E-state index contributed by atoms with van der Waals surface area (Å²) in [5.74, 6) is -0.0863. The van der Waals surface area contributed by atoms with Crippen LogP contribution in [0.2, 0.25) is 0 Å². The first kappa shape index (κ1) is 18.0. The molecule has 130 valence electrons. The molecule has 0 saturated carbocycles. The molecule has 1 aliphatic heterocycles. The standard InChI is InChI=1S/C18H24N2O4/c1-3-4-5-6-9-19-17(22)11-20-15-10-14(13(2)21)7-8-16(15)24-12-18(20)23/h7-8,10H,3-6,9,11-12H2,1-2H3,(H,19,22). The van der Waals surface area contributed by atoms with Crippen molar-refractivity contribution in [2.75, 3.05) is 24.6 Å². The van der Waals surface area contributed by atoms with Crippen molar-refractivity contribution in [1.82, 2.24) is 5.32 Å². The smallest absolute Gasteiger partial charge is 0.265 e. The van der Waals surface area contributed by atoms with E-state index in [4.69, 9.17) is 4.74 Å². The highest BCUT2D eigenvalue weighted by Gasteiger charge is 2.27. The number of ether oxygens (including phenoxy) is 1. The number of carbonyl (C=O) groups is 3. The average molecular weight is 332 g/mol. The highest BCUT2D eigenvalue weighted by atomic mass is 16.5. The van der Waals surface area contributed by atoms with Gasteiger partial charge in [0, 0.05) is 12.1 Å². The molecule has 0 atom stereocenters. The summed E-state index contributed by atoms with van der Waals surface area (Å²) in [4.78, 5) is 37.2. The Labute approximate surface area is 142 Å². The molecule has 1 heterocycles. The topological polar surface area (TPSA) is 75.7 Å². The van der Waals surface area contributed by atoms with Gasteiger partial charge in [-0.25, -0.2) is 0 Å². The quantitative estimate of drug-likeness (QED) is 0.585. The van der Waals surface area contributed by atoms with Crippen molar-refractivity contribution < 1.29 is 19.1 Å². The molecule has 0 radical (unpaired) electrons. The Bertz CT molecular complexity index is 627. The molecular formula is C18H24N2O4. The summed E-state index contributed by atoms with van der Waals surface area (Å²) in [6.07, 6.45) is 4.31. The number of Topliss-reactive ketones (excluding diaryl/α,β-unsaturated/α-hetero) is 1. The molecule has 1 N–H and O–H groups in total. The minimum absolute atomic E-state index is 0.0651. The summed E-state index contributed by atoms with van der Waals surface area (Å²) < 4.78 is 5.37. The minimum atomic E-state index is -0.288. The van der Waals surface area contributed by atoms with E-state index in [-0.39, 0.29) is 30.7 Å². The van der Waals surface area contributed by atoms with Gasteiger partial charge in [0.2, 0.25) is 5.91 Å². The number of ketones is 1. The van der Waals surface area contributed by atoms with E-state index in [9.17, 15) is 14.4 Å². The van der Waals surface area contributed by atoms with Gasteiger partial charge in [-0.15, -0.1) is 0 Å². The predicted molar refractivity (Wildman–Crippen MR) is 91.4 cm³/mol. The van der Waals surface area contributed by atoms with Crippen LogP contribution in [-0.2, 0) is 9.59 Å². The Balaban J connectivity index is 2.02. The van der Waals surface area contributed by atoms with Crippen molar-refractivity contribution in [1.29, 1.82) is 0 Å². The number of nitrogens with zero attached hydrogens (tertiary/aromatic N) is 1. The lowest BCUT2D eigenvalue weighted by atomic mass is 10.1. The van der Waals surface area contributed by atoms with Gasteiger partial charge >= 0.3 is 0 Å². The van der Waals surface area contributed by atoms with Crippen LogP contribution >= 0.6 is 0 Å². The van der Waals surface area contributed by atoms with Crippen LogP contribution in [-0.4, -0.2) is 37.3 Å². The number of unbranched alkanes of at least 4 members (excludes halogenated alkanes) is 3. The molecule has 24 heavy (non-hydrogen) atoms. The number of benzene rings is 1. The molecule has 0 unspecified atom stereocenters. The highest BCUT2D eigenvalue weighted by Crippen LogP contribution is 2.32. The molecule has 1 aromatic carbocycles. The molecule has 0 fully saturated rings. The number of hydrogen-bond donors (Lipinski definition) is 1. The number of amides is 2. The Hall–Kier alpha value is -2.37. The van der Waals surface area contributed by atoms with Crippen molar-refractivity contribution in [3.8, 4) is 5.75 Å². The normalized spacial score (nSPS) is 13.2. The summed E-state index contributed by atoms with van der Waals surface area (Å²) >= 11 is 0. The molecule has 0 bridgehead atoms. The van der Waals surface area contributed by atoms with Crippen molar-refractivity contribution in [3.05, 3.63) is 23.8 Å². The SMILES string of the molecule is CCCCCCNC(=O)CN1C(=O)COc2ccc(C(C)=O)cc21. The fourth-order valence-electron chi connectivity index (χ4n) is 2.57. The van der Waals surface area contributed by atoms with Crippen molar-refractivity contribution in [2.24, 2.45) is 0 Å². The molecule has 1 aliphatic rings. The number of rotatable bonds is 8. The van der Waals surface area contributed by atoms with Gasteiger partial charge in [-0.05, 0) is 31.5 Å². The van der Waals surface area contributed by atoms with Crippen LogP contribution in [0.3, 0.4) is 0 Å². The van der Waals surface area contributed by atoms with E-state index in [2.05, 4.69) is 12.2 Å². The molecule has 0 spiro atoms. The number of fused-ring (bicyclic) bond motifs is 1. The maximum atomic E-state index is 12.1. The summed E-state index contributed by atoms with van der Waals surface area (Å²) in [6, 6.07) is 4.92. The van der Waals surface area contributed by atoms with Gasteiger partial charge in [-0.2, -0.15) is 0 Å². The molecule has 0 saturated heterocycles. The maximum Gasteiger partial charge on any atom is 0.265 e. The number of nitrogens with one attached hydrogen (secondary N) is 1. The Morgan fingerprint density at radius 3 is 2.75 bits per heavy atom. The van der Waals surface area contributed by atoms with Crippen molar-refractivity contribution in [2.45, 2.75) is 39.5 Å². The molecule has 2 amide bonds. The number of hydrogen-bond acceptors (Lipinski definition) is 4. The van der Waals surface area contributed by atoms with Crippen molar-refractivity contribution in [3.63, 3.8) is 0 Å². The third-order valence-corrected chi connectivity index (χ3v) is 3.96. The molecule has 2 rings (SSSR count). The van der Waals surface area contributed by atoms with E-state index >= 15 is 0 Å². The van der Waals surface area contributed by atoms with Gasteiger partial charge in [0.05, 0.1) is 5.69 Å². The van der Waals surface area contributed by atoms with E-state index in [1.165, 1.54) is 11.8 Å². The monoisotopic (exact) mass is 332 g/mol. The largest absolute Gasteiger partial charge is 0.482 e. The molecular weight excluding hydrogens is 308 g/mol. The van der Waals surface area contributed by atoms with Crippen LogP contribution < -0.4 is 15.0 Å². The van der Waals surface area contributed by atoms with Crippen LogP contribution in [0.15, 0.2) is 18.2 Å². The van der Waals surface area contributed by atoms with Gasteiger partial charge in [-0.3, -0.25) is 19.3 Å². The Morgan fingerprint density at radius 2 is 2.04 bits per heavy atom. The van der Waals surface area contributed by atoms with Crippen LogP contribution in [0, 0.1) is 0 Å². The predicted octanol–water partition coefficient (Wildman–Crippen LogP) is 2.31. The summed E-state index contributed by atoms with van der Waals surface area (Å²) in [7, 11) is 0. The van der Waals surface area contributed by atoms with E-state index in [1.54, 1.807) is 18.2 Å². The highest BCUT2D eigenvalue weighted by molar-refractivity contribution is 6.04. The fraction of sp³-hybridized carbons (Fsp3) is 0.500. The van der Waals surface area contributed by atoms with Gasteiger partial charge in [0.25, 0.3) is 5.91 Å². The summed E-state index contributed by atoms with van der Waals surface area (Å²) in [6.45, 7) is 4.04. The van der Waals surface area contributed by atoms with Gasteiger partial charge in [0.15, 0.2) is 12.4 Å². The first-order chi connectivity index (χ1) is 11.5. The lowest BCUT2D eigenvalue weighted by Gasteiger charge is -2.29. The third kappa shape index (κ3) is 4.57. The molecule has 1 aromatic rings. The second kappa shape index (κ2) is 8.47. The fourth-order valence-corrected chi connectivity index (χ4v) is 2.57. The maximum absolute atomic E-state index is 12.1. The second-order valence-electron chi connectivity index (χ2n) is 5.92. The Kier molecular flexibility index (Phi) is 6.35. The minimum Gasteiger partial charge on any atom is -0.482 e. The van der Waals surface area contributed by atoms with E-state index < -0.39 is 0 Å². The van der Waals surface area contributed by atoms with E-state index in [1.807, 2.05) is 0 Å². The van der Waals surface area contributed by atoms with Crippen LogP contribution in [0.25, 0.3) is 0 Å². The second-order valence-corrected chi connectivity index (χ2v) is 5.92. The van der Waals surface area contributed by atoms with Crippen LogP contribution in [0.4, 0.5) is 5.69 Å². The lowest BCUT2D eigenvalue weighted by molar-refractivity contribution is -0.125. The zero-order valence-electron chi connectivity index (χ0n) is 14.3. The molecule has 0 aliphatic carbocycles. The molecule has 6 heteroatoms. The summed E-state index contributed by atoms with van der Waals surface area (Å²) in [5, 5.41) is 2.84.